The van der Waals surface area contributed by atoms with E-state index in [0.717, 1.165) is 4.88 Å². The van der Waals surface area contributed by atoms with Crippen LogP contribution in [0.15, 0.2) is 40.6 Å². The number of esters is 1. The minimum Gasteiger partial charge on any atom is -0.459 e. The number of hydrogen-bond donors (Lipinski definition) is 2. The summed E-state index contributed by atoms with van der Waals surface area (Å²) in [6.07, 6.45) is -3.53. The van der Waals surface area contributed by atoms with Crippen molar-refractivity contribution in [2.24, 2.45) is 27.9 Å². The first-order valence-corrected chi connectivity index (χ1v) is 22.2. The molecule has 2 aromatic heterocycles. The van der Waals surface area contributed by atoms with Gasteiger partial charge in [-0.1, -0.05) is 32.0 Å². The molecule has 342 valence electrons. The highest BCUT2D eigenvalue weighted by Crippen LogP contribution is 2.39. The fourth-order valence-electron chi connectivity index (χ4n) is 8.54. The van der Waals surface area contributed by atoms with Gasteiger partial charge in [0.2, 0.25) is 5.91 Å². The van der Waals surface area contributed by atoms with Gasteiger partial charge in [-0.3, -0.25) is 24.2 Å². The third kappa shape index (κ3) is 11.7. The second kappa shape index (κ2) is 20.8. The summed E-state index contributed by atoms with van der Waals surface area (Å²) < 4.78 is 32.3. The zero-order valence-corrected chi connectivity index (χ0v) is 38.6. The molecule has 0 saturated carbocycles. The SMILES string of the molecule is CC[C@H]1OC(=O)[C@H](C)C(=O)[C@H](C)[C@@H](O[C@@H]2O[C@H](C)C[C@H](N(C)C)[C@H]2O)[C@@]2(C)C[C@@H](C)C(=NC(C)=O)C[C@@H](OC/C(=N/OCc3ccc(-c4ccc(C(C)=O)s4)nc3)CO2)[C@]1(C)O. The number of hydrogen-bond acceptors (Lipinski definition) is 16. The van der Waals surface area contributed by atoms with Gasteiger partial charge in [-0.25, -0.2) is 4.99 Å². The molecule has 62 heavy (non-hydrogen) atoms. The highest BCUT2D eigenvalue weighted by Gasteiger charge is 2.51. The number of likely N-dealkylation sites (N-methyl/N-ethyl adjacent to an activating group) is 1. The highest BCUT2D eigenvalue weighted by molar-refractivity contribution is 7.17. The number of carbonyl (C=O) groups excluding carboxylic acids is 4. The van der Waals surface area contributed by atoms with Gasteiger partial charge in [-0.15, -0.1) is 11.3 Å². The molecule has 5 rings (SSSR count). The lowest BCUT2D eigenvalue weighted by Gasteiger charge is -2.47. The first-order chi connectivity index (χ1) is 29.1. The number of amides is 1. The van der Waals surface area contributed by atoms with Crippen LogP contribution < -0.4 is 0 Å². The average molecular weight is 885 g/mol. The number of cyclic esters (lactones) is 1. The van der Waals surface area contributed by atoms with E-state index < -0.39 is 77.3 Å². The monoisotopic (exact) mass is 884 g/mol. The van der Waals surface area contributed by atoms with E-state index in [-0.39, 0.29) is 62.7 Å². The number of aliphatic hydroxyl groups excluding tert-OH is 1. The molecular weight excluding hydrogens is 821 g/mol. The zero-order valence-electron chi connectivity index (χ0n) is 37.8. The number of oxime groups is 1. The molecule has 0 aliphatic carbocycles. The van der Waals surface area contributed by atoms with Crippen molar-refractivity contribution in [1.82, 2.24) is 9.88 Å². The van der Waals surface area contributed by atoms with Gasteiger partial charge in [0.1, 0.15) is 36.0 Å². The number of ketones is 2. The smallest absolute Gasteiger partial charge is 0.316 e. The Kier molecular flexibility index (Phi) is 16.5. The number of aromatic nitrogens is 1. The van der Waals surface area contributed by atoms with Gasteiger partial charge in [-0.05, 0) is 92.1 Å². The van der Waals surface area contributed by atoms with E-state index in [0.29, 0.717) is 28.3 Å². The van der Waals surface area contributed by atoms with Gasteiger partial charge in [0, 0.05) is 42.8 Å². The lowest BCUT2D eigenvalue weighted by molar-refractivity contribution is -0.296. The third-order valence-electron chi connectivity index (χ3n) is 12.2. The lowest BCUT2D eigenvalue weighted by atomic mass is 9.76. The van der Waals surface area contributed by atoms with Crippen molar-refractivity contribution in [2.75, 3.05) is 27.3 Å². The Bertz CT molecular complexity index is 1970. The van der Waals surface area contributed by atoms with Gasteiger partial charge < -0.3 is 43.6 Å². The van der Waals surface area contributed by atoms with Crippen LogP contribution in [0.1, 0.15) is 103 Å². The maximum Gasteiger partial charge on any atom is 0.316 e. The molecule has 12 atom stereocenters. The first kappa shape index (κ1) is 49.2. The summed E-state index contributed by atoms with van der Waals surface area (Å²) in [6.45, 7) is 14.3. The highest BCUT2D eigenvalue weighted by atomic mass is 32.1. The molecule has 3 saturated heterocycles. The van der Waals surface area contributed by atoms with E-state index in [1.54, 1.807) is 33.0 Å². The number of pyridine rings is 1. The van der Waals surface area contributed by atoms with Gasteiger partial charge in [0.25, 0.3) is 0 Å². The predicted molar refractivity (Wildman–Crippen MR) is 232 cm³/mol. The molecule has 17 heteroatoms. The first-order valence-electron chi connectivity index (χ1n) is 21.3. The maximum absolute atomic E-state index is 14.5. The van der Waals surface area contributed by atoms with E-state index in [1.807, 2.05) is 51.0 Å². The Labute approximate surface area is 368 Å². The third-order valence-corrected chi connectivity index (χ3v) is 13.4. The fourth-order valence-corrected chi connectivity index (χ4v) is 9.42. The minimum atomic E-state index is -1.84. The van der Waals surface area contributed by atoms with E-state index in [1.165, 1.54) is 39.0 Å². The molecule has 0 radical (unpaired) electrons. The predicted octanol–water partition coefficient (Wildman–Crippen LogP) is 5.20. The van der Waals surface area contributed by atoms with Gasteiger partial charge in [-0.2, -0.15) is 0 Å². The number of aliphatic hydroxyl groups is 2. The number of rotatable bonds is 9. The molecule has 3 aliphatic rings. The number of aliphatic imine (C=N–C) groups is 1. The Morgan fingerprint density at radius 3 is 2.40 bits per heavy atom. The molecule has 2 N–H and O–H groups in total. The number of nitrogens with zero attached hydrogens (tertiary/aromatic N) is 4. The summed E-state index contributed by atoms with van der Waals surface area (Å²) in [4.78, 5) is 71.1. The summed E-state index contributed by atoms with van der Waals surface area (Å²) in [5, 5.41) is 28.4. The second-order valence-corrected chi connectivity index (χ2v) is 18.7. The van der Waals surface area contributed by atoms with Crippen molar-refractivity contribution in [3.8, 4) is 10.6 Å². The van der Waals surface area contributed by atoms with Crippen molar-refractivity contribution in [1.29, 1.82) is 0 Å². The van der Waals surface area contributed by atoms with Crippen molar-refractivity contribution < 1.29 is 57.9 Å². The van der Waals surface area contributed by atoms with Crippen molar-refractivity contribution in [3.05, 3.63) is 40.9 Å². The molecule has 1 amide bonds. The average Bonchev–Trinajstić information content (AvgIpc) is 3.71. The Hall–Kier alpha value is -3.81. The summed E-state index contributed by atoms with van der Waals surface area (Å²) in [7, 11) is 3.72. The Morgan fingerprint density at radius 1 is 1.06 bits per heavy atom. The lowest BCUT2D eigenvalue weighted by Crippen LogP contribution is -2.59. The van der Waals surface area contributed by atoms with Crippen LogP contribution in [0.5, 0.6) is 0 Å². The largest absolute Gasteiger partial charge is 0.459 e. The quantitative estimate of drug-likeness (QED) is 0.144. The summed E-state index contributed by atoms with van der Waals surface area (Å²) in [5.74, 6) is -4.65. The van der Waals surface area contributed by atoms with E-state index >= 15 is 0 Å². The second-order valence-electron chi connectivity index (χ2n) is 17.6. The van der Waals surface area contributed by atoms with Crippen molar-refractivity contribution >= 4 is 46.2 Å². The number of carbonyl (C=O) groups is 4. The standard InChI is InChI=1S/C45H64N4O12S/c1-12-37-45(9,55)38-18-33(47-29(7)51)24(2)19-44(8,41(26(4)39(52)27(5)42(54)60-37)61-43-40(53)34(49(10)11)17-25(3)59-43)57-23-31(22-56-38)48-58-21-30-13-14-32(46-20-30)36-16-15-35(62-36)28(6)50/h13-16,20,24-27,34,37-38,40-41,43,53,55H,12,17-19,21-23H2,1-11H3/b47-33?,48-31-/t24-,25-,26+,27-,34+,37-,38-,40-,41-,43+,44-,45-/m1/s1. The summed E-state index contributed by atoms with van der Waals surface area (Å²) >= 11 is 1.37. The molecule has 3 aliphatic heterocycles. The van der Waals surface area contributed by atoms with Crippen LogP contribution in [0.3, 0.4) is 0 Å². The molecule has 0 spiro atoms. The van der Waals surface area contributed by atoms with Crippen LogP contribution in [0.25, 0.3) is 10.6 Å². The zero-order chi connectivity index (χ0) is 45.7. The topological polar surface area (TPSA) is 205 Å². The Balaban J connectivity index is 1.58. The van der Waals surface area contributed by atoms with Crippen LogP contribution in [-0.4, -0.2) is 136 Å². The van der Waals surface area contributed by atoms with E-state index in [2.05, 4.69) is 15.1 Å². The number of thiophene rings is 1. The number of ether oxygens (including phenoxy) is 5. The van der Waals surface area contributed by atoms with Crippen LogP contribution in [0.4, 0.5) is 0 Å². The molecule has 2 aromatic rings. The van der Waals surface area contributed by atoms with Crippen molar-refractivity contribution in [2.45, 2.75) is 149 Å². The molecule has 2 bridgehead atoms. The maximum atomic E-state index is 14.5. The molecule has 16 nitrogen and oxygen atoms in total. The van der Waals surface area contributed by atoms with Crippen LogP contribution in [0, 0.1) is 17.8 Å². The van der Waals surface area contributed by atoms with Crippen LogP contribution >= 0.6 is 11.3 Å². The fraction of sp³-hybridized carbons (Fsp3) is 0.667. The molecule has 0 unspecified atom stereocenters. The molecule has 3 fully saturated rings. The van der Waals surface area contributed by atoms with Gasteiger partial charge in [0.05, 0.1) is 52.6 Å². The number of fused-ring (bicyclic) bond motifs is 5. The van der Waals surface area contributed by atoms with E-state index in [4.69, 9.17) is 28.5 Å². The summed E-state index contributed by atoms with van der Waals surface area (Å²) in [6, 6.07) is 6.99. The normalized spacial score (nSPS) is 35.5. The Morgan fingerprint density at radius 2 is 1.79 bits per heavy atom. The van der Waals surface area contributed by atoms with Gasteiger partial charge in [0.15, 0.2) is 17.9 Å². The van der Waals surface area contributed by atoms with Crippen LogP contribution in [-0.2, 0) is 49.5 Å². The van der Waals surface area contributed by atoms with Gasteiger partial charge >= 0.3 is 5.97 Å². The van der Waals surface area contributed by atoms with E-state index in [9.17, 15) is 29.4 Å². The molecule has 5 heterocycles. The molecule has 0 aromatic carbocycles. The van der Waals surface area contributed by atoms with Crippen LogP contribution in [0.2, 0.25) is 0 Å². The summed E-state index contributed by atoms with van der Waals surface area (Å²) in [5.41, 5.74) is -1.16. The van der Waals surface area contributed by atoms with Crippen molar-refractivity contribution in [3.63, 3.8) is 0 Å². The minimum absolute atomic E-state index is 0.0123. The molecular formula is C45H64N4O12S. The number of Topliss-reactive ketones (excluding diaryl/α,β-unsaturated/α-hetero) is 2.